The maximum absolute atomic E-state index is 10.1. The normalized spacial score (nSPS) is 21.7. The number of rotatable bonds is 4. The van der Waals surface area contributed by atoms with Crippen LogP contribution in [0.4, 0.5) is 0 Å². The quantitative estimate of drug-likeness (QED) is 0.905. The molecular formula is C13H16BrClO2. The molecule has 94 valence electrons. The lowest BCUT2D eigenvalue weighted by Gasteiger charge is -2.14. The molecule has 2 nitrogen and oxygen atoms in total. The van der Waals surface area contributed by atoms with Gasteiger partial charge in [-0.1, -0.05) is 17.7 Å². The van der Waals surface area contributed by atoms with Crippen molar-refractivity contribution >= 4 is 27.5 Å². The number of ether oxygens (including phenoxy) is 1. The van der Waals surface area contributed by atoms with Crippen LogP contribution in [0.5, 0.6) is 0 Å². The Morgan fingerprint density at radius 2 is 2.35 bits per heavy atom. The van der Waals surface area contributed by atoms with Gasteiger partial charge in [-0.05, 0) is 59.3 Å². The van der Waals surface area contributed by atoms with E-state index >= 15 is 0 Å². The van der Waals surface area contributed by atoms with Crippen molar-refractivity contribution < 1.29 is 9.84 Å². The molecular weight excluding hydrogens is 303 g/mol. The highest BCUT2D eigenvalue weighted by Gasteiger charge is 2.17. The monoisotopic (exact) mass is 318 g/mol. The zero-order valence-corrected chi connectivity index (χ0v) is 11.9. The van der Waals surface area contributed by atoms with Crippen LogP contribution in [0.3, 0.4) is 0 Å². The summed E-state index contributed by atoms with van der Waals surface area (Å²) < 4.78 is 6.37. The molecule has 17 heavy (non-hydrogen) atoms. The molecule has 2 unspecified atom stereocenters. The number of aliphatic hydroxyl groups excluding tert-OH is 1. The van der Waals surface area contributed by atoms with Gasteiger partial charge < -0.3 is 9.84 Å². The number of halogens is 2. The highest BCUT2D eigenvalue weighted by Crippen LogP contribution is 2.29. The van der Waals surface area contributed by atoms with Crippen molar-refractivity contribution in [3.63, 3.8) is 0 Å². The van der Waals surface area contributed by atoms with Gasteiger partial charge in [-0.25, -0.2) is 0 Å². The summed E-state index contributed by atoms with van der Waals surface area (Å²) in [4.78, 5) is 0. The van der Waals surface area contributed by atoms with Crippen molar-refractivity contribution in [2.75, 3.05) is 6.61 Å². The van der Waals surface area contributed by atoms with Crippen molar-refractivity contribution in [2.24, 2.45) is 0 Å². The van der Waals surface area contributed by atoms with Crippen molar-refractivity contribution in [3.8, 4) is 0 Å². The van der Waals surface area contributed by atoms with E-state index in [2.05, 4.69) is 15.9 Å². The fraction of sp³-hybridized carbons (Fsp3) is 0.538. The SMILES string of the molecule is OC(CCC1CCCO1)c1ccc(Cl)c(Br)c1. The third-order valence-corrected chi connectivity index (χ3v) is 4.33. The Morgan fingerprint density at radius 1 is 1.53 bits per heavy atom. The maximum Gasteiger partial charge on any atom is 0.0791 e. The maximum atomic E-state index is 10.1. The predicted molar refractivity (Wildman–Crippen MR) is 72.3 cm³/mol. The summed E-state index contributed by atoms with van der Waals surface area (Å²) >= 11 is 9.28. The van der Waals surface area contributed by atoms with Crippen LogP contribution in [-0.4, -0.2) is 17.8 Å². The van der Waals surface area contributed by atoms with E-state index in [9.17, 15) is 5.11 Å². The highest BCUT2D eigenvalue weighted by atomic mass is 79.9. The Balaban J connectivity index is 1.89. The molecule has 0 aliphatic carbocycles. The number of hydrogen-bond acceptors (Lipinski definition) is 2. The molecule has 1 fully saturated rings. The molecule has 0 spiro atoms. The lowest BCUT2D eigenvalue weighted by Crippen LogP contribution is -2.07. The first-order valence-electron chi connectivity index (χ1n) is 5.91. The number of benzene rings is 1. The van der Waals surface area contributed by atoms with Crippen LogP contribution in [0.1, 0.15) is 37.4 Å². The fourth-order valence-electron chi connectivity index (χ4n) is 2.10. The summed E-state index contributed by atoms with van der Waals surface area (Å²) in [7, 11) is 0. The van der Waals surface area contributed by atoms with E-state index in [-0.39, 0.29) is 0 Å². The van der Waals surface area contributed by atoms with Crippen LogP contribution in [-0.2, 0) is 4.74 Å². The number of hydrogen-bond donors (Lipinski definition) is 1. The van der Waals surface area contributed by atoms with Crippen LogP contribution < -0.4 is 0 Å². The van der Waals surface area contributed by atoms with E-state index in [4.69, 9.17) is 16.3 Å². The van der Waals surface area contributed by atoms with E-state index in [1.54, 1.807) is 6.07 Å². The average molecular weight is 320 g/mol. The van der Waals surface area contributed by atoms with E-state index < -0.39 is 6.10 Å². The summed E-state index contributed by atoms with van der Waals surface area (Å²) in [5.41, 5.74) is 0.902. The lowest BCUT2D eigenvalue weighted by atomic mass is 10.0. The standard InChI is InChI=1S/C13H16BrClO2/c14-11-8-9(3-5-12(11)15)13(16)6-4-10-2-1-7-17-10/h3,5,8,10,13,16H,1-2,4,6-7H2. The molecule has 0 radical (unpaired) electrons. The Labute approximate surface area is 115 Å². The van der Waals surface area contributed by atoms with Crippen molar-refractivity contribution in [2.45, 2.75) is 37.9 Å². The van der Waals surface area contributed by atoms with Gasteiger partial charge in [0.05, 0.1) is 17.2 Å². The Hall–Kier alpha value is -0.0900. The summed E-state index contributed by atoms with van der Waals surface area (Å²) in [6.45, 7) is 0.868. The molecule has 0 bridgehead atoms. The molecule has 1 saturated heterocycles. The molecule has 1 aromatic carbocycles. The minimum Gasteiger partial charge on any atom is -0.388 e. The molecule has 2 atom stereocenters. The minimum atomic E-state index is -0.437. The van der Waals surface area contributed by atoms with Crippen LogP contribution in [0.15, 0.2) is 22.7 Å². The summed E-state index contributed by atoms with van der Waals surface area (Å²) in [5, 5.41) is 10.7. The van der Waals surface area contributed by atoms with Gasteiger partial charge in [0.1, 0.15) is 0 Å². The largest absolute Gasteiger partial charge is 0.388 e. The third kappa shape index (κ3) is 3.68. The molecule has 2 rings (SSSR count). The van der Waals surface area contributed by atoms with E-state index in [1.165, 1.54) is 0 Å². The fourth-order valence-corrected chi connectivity index (χ4v) is 2.62. The second-order valence-electron chi connectivity index (χ2n) is 4.40. The van der Waals surface area contributed by atoms with Crippen molar-refractivity contribution in [1.29, 1.82) is 0 Å². The van der Waals surface area contributed by atoms with Crippen molar-refractivity contribution in [3.05, 3.63) is 33.3 Å². The Morgan fingerprint density at radius 3 is 3.00 bits per heavy atom. The van der Waals surface area contributed by atoms with Gasteiger partial charge in [-0.3, -0.25) is 0 Å². The second-order valence-corrected chi connectivity index (χ2v) is 5.66. The topological polar surface area (TPSA) is 29.5 Å². The van der Waals surface area contributed by atoms with E-state index in [0.29, 0.717) is 11.1 Å². The van der Waals surface area contributed by atoms with E-state index in [1.807, 2.05) is 12.1 Å². The average Bonchev–Trinajstić information content (AvgIpc) is 2.82. The minimum absolute atomic E-state index is 0.334. The lowest BCUT2D eigenvalue weighted by molar-refractivity contribution is 0.0812. The number of aliphatic hydroxyl groups is 1. The zero-order valence-electron chi connectivity index (χ0n) is 9.53. The summed E-state index contributed by atoms with van der Waals surface area (Å²) in [6, 6.07) is 5.55. The highest BCUT2D eigenvalue weighted by molar-refractivity contribution is 9.10. The van der Waals surface area contributed by atoms with Gasteiger partial charge in [0.15, 0.2) is 0 Å². The Kier molecular flexibility index (Phi) is 4.86. The first-order chi connectivity index (χ1) is 8.16. The molecule has 0 amide bonds. The Bertz CT molecular complexity index is 378. The molecule has 0 saturated carbocycles. The van der Waals surface area contributed by atoms with Crippen LogP contribution in [0.2, 0.25) is 5.02 Å². The van der Waals surface area contributed by atoms with Gasteiger partial charge >= 0.3 is 0 Å². The zero-order chi connectivity index (χ0) is 12.3. The van der Waals surface area contributed by atoms with Crippen LogP contribution >= 0.6 is 27.5 Å². The second kappa shape index (κ2) is 6.19. The van der Waals surface area contributed by atoms with Crippen molar-refractivity contribution in [1.82, 2.24) is 0 Å². The summed E-state index contributed by atoms with van der Waals surface area (Å²) in [6.07, 6.45) is 3.82. The van der Waals surface area contributed by atoms with E-state index in [0.717, 1.165) is 42.3 Å². The molecule has 1 aromatic rings. The molecule has 1 aliphatic rings. The van der Waals surface area contributed by atoms with Gasteiger partial charge in [0.2, 0.25) is 0 Å². The molecule has 4 heteroatoms. The van der Waals surface area contributed by atoms with Crippen LogP contribution in [0.25, 0.3) is 0 Å². The van der Waals surface area contributed by atoms with Gasteiger partial charge in [0.25, 0.3) is 0 Å². The molecule has 1 N–H and O–H groups in total. The molecule has 1 heterocycles. The van der Waals surface area contributed by atoms with Gasteiger partial charge in [-0.15, -0.1) is 0 Å². The summed E-state index contributed by atoms with van der Waals surface area (Å²) in [5.74, 6) is 0. The van der Waals surface area contributed by atoms with Gasteiger partial charge in [-0.2, -0.15) is 0 Å². The van der Waals surface area contributed by atoms with Gasteiger partial charge in [0, 0.05) is 11.1 Å². The molecule has 0 aromatic heterocycles. The smallest absolute Gasteiger partial charge is 0.0791 e. The first-order valence-corrected chi connectivity index (χ1v) is 7.08. The van der Waals surface area contributed by atoms with Crippen LogP contribution in [0, 0.1) is 0 Å². The first kappa shape index (κ1) is 13.3. The third-order valence-electron chi connectivity index (χ3n) is 3.11. The molecule has 1 aliphatic heterocycles. The predicted octanol–water partition coefficient (Wildman–Crippen LogP) is 4.10.